The lowest BCUT2D eigenvalue weighted by Crippen LogP contribution is -2.38. The maximum atomic E-state index is 6.00. The molecule has 1 aliphatic rings. The number of rotatable bonds is 2. The second-order valence-corrected chi connectivity index (χ2v) is 6.70. The van der Waals surface area contributed by atoms with Gasteiger partial charge in [0.05, 0.1) is 11.9 Å². The molecule has 1 fully saturated rings. The number of fused-ring (bicyclic) bond motifs is 1. The molecule has 2 unspecified atom stereocenters. The van der Waals surface area contributed by atoms with Crippen molar-refractivity contribution in [2.24, 2.45) is 11.8 Å². The van der Waals surface area contributed by atoms with E-state index in [0.717, 1.165) is 47.5 Å². The average molecular weight is 276 g/mol. The highest BCUT2D eigenvalue weighted by Crippen LogP contribution is 2.25. The molecule has 0 bridgehead atoms. The van der Waals surface area contributed by atoms with Crippen LogP contribution in [-0.2, 0) is 6.54 Å². The van der Waals surface area contributed by atoms with Crippen molar-refractivity contribution < 1.29 is 0 Å². The number of nitrogen functional groups attached to an aromatic ring is 1. The van der Waals surface area contributed by atoms with E-state index in [1.165, 1.54) is 6.42 Å². The van der Waals surface area contributed by atoms with Crippen LogP contribution in [0.2, 0.25) is 0 Å². The van der Waals surface area contributed by atoms with Crippen molar-refractivity contribution in [3.8, 4) is 0 Å². The first-order valence-corrected chi connectivity index (χ1v) is 7.71. The third kappa shape index (κ3) is 2.72. The van der Waals surface area contributed by atoms with Crippen LogP contribution in [0.25, 0.3) is 10.2 Å². The Morgan fingerprint density at radius 1 is 1.32 bits per heavy atom. The fraction of sp³-hybridized carbons (Fsp3) is 0.571. The molecular weight excluding hydrogens is 256 g/mol. The molecule has 1 aliphatic heterocycles. The Morgan fingerprint density at radius 2 is 2.05 bits per heavy atom. The number of nitrogens with two attached hydrogens (primary N) is 1. The molecule has 0 amide bonds. The SMILES string of the molecule is CC1CC(C)CN(Cc2nc(N)c3ccsc3n2)C1. The van der Waals surface area contributed by atoms with E-state index in [9.17, 15) is 0 Å². The fourth-order valence-corrected chi connectivity index (χ4v) is 3.91. The first-order valence-electron chi connectivity index (χ1n) is 6.83. The summed E-state index contributed by atoms with van der Waals surface area (Å²) in [4.78, 5) is 12.5. The highest BCUT2D eigenvalue weighted by molar-refractivity contribution is 7.16. The summed E-state index contributed by atoms with van der Waals surface area (Å²) in [6, 6.07) is 1.99. The van der Waals surface area contributed by atoms with E-state index in [1.807, 2.05) is 11.4 Å². The quantitative estimate of drug-likeness (QED) is 0.916. The number of anilines is 1. The Labute approximate surface area is 117 Å². The van der Waals surface area contributed by atoms with Crippen molar-refractivity contribution in [1.82, 2.24) is 14.9 Å². The third-order valence-corrected chi connectivity index (χ3v) is 4.52. The Balaban J connectivity index is 1.80. The lowest BCUT2D eigenvalue weighted by molar-refractivity contribution is 0.131. The summed E-state index contributed by atoms with van der Waals surface area (Å²) in [5.41, 5.74) is 6.00. The topological polar surface area (TPSA) is 55.0 Å². The fourth-order valence-electron chi connectivity index (χ4n) is 3.12. The Hall–Kier alpha value is -1.20. The highest BCUT2D eigenvalue weighted by Gasteiger charge is 2.22. The molecule has 0 saturated carbocycles. The summed E-state index contributed by atoms with van der Waals surface area (Å²) in [6.07, 6.45) is 1.32. The summed E-state index contributed by atoms with van der Waals surface area (Å²) < 4.78 is 0. The standard InChI is InChI=1S/C14H20N4S/c1-9-5-10(2)7-18(6-9)8-12-16-13(15)11-3-4-19-14(11)17-12/h3-4,9-10H,5-8H2,1-2H3,(H2,15,16,17). The van der Waals surface area contributed by atoms with Crippen LogP contribution in [0.4, 0.5) is 5.82 Å². The summed E-state index contributed by atoms with van der Waals surface area (Å²) >= 11 is 1.63. The molecule has 2 aromatic rings. The van der Waals surface area contributed by atoms with Gasteiger partial charge in [0.2, 0.25) is 0 Å². The molecule has 1 saturated heterocycles. The van der Waals surface area contributed by atoms with E-state index >= 15 is 0 Å². The zero-order valence-electron chi connectivity index (χ0n) is 11.5. The zero-order chi connectivity index (χ0) is 13.4. The normalized spacial score (nSPS) is 24.9. The van der Waals surface area contributed by atoms with Gasteiger partial charge in [0.25, 0.3) is 0 Å². The first-order chi connectivity index (χ1) is 9.11. The predicted molar refractivity (Wildman–Crippen MR) is 80.0 cm³/mol. The van der Waals surface area contributed by atoms with Gasteiger partial charge in [-0.1, -0.05) is 13.8 Å². The van der Waals surface area contributed by atoms with Crippen LogP contribution in [0.1, 0.15) is 26.1 Å². The monoisotopic (exact) mass is 276 g/mol. The summed E-state index contributed by atoms with van der Waals surface area (Å²) in [5, 5.41) is 3.00. The molecule has 2 N–H and O–H groups in total. The number of thiophene rings is 1. The largest absolute Gasteiger partial charge is 0.383 e. The molecule has 19 heavy (non-hydrogen) atoms. The molecule has 5 heteroatoms. The summed E-state index contributed by atoms with van der Waals surface area (Å²) in [6.45, 7) is 7.72. The van der Waals surface area contributed by atoms with Crippen LogP contribution in [0.15, 0.2) is 11.4 Å². The highest BCUT2D eigenvalue weighted by atomic mass is 32.1. The van der Waals surface area contributed by atoms with Gasteiger partial charge in [-0.2, -0.15) is 0 Å². The van der Waals surface area contributed by atoms with Gasteiger partial charge in [0, 0.05) is 13.1 Å². The second-order valence-electron chi connectivity index (χ2n) is 5.80. The lowest BCUT2D eigenvalue weighted by atomic mass is 9.92. The number of likely N-dealkylation sites (tertiary alicyclic amines) is 1. The van der Waals surface area contributed by atoms with Gasteiger partial charge in [-0.3, -0.25) is 4.90 Å². The molecule has 3 rings (SSSR count). The Morgan fingerprint density at radius 3 is 2.79 bits per heavy atom. The first kappa shape index (κ1) is 12.8. The minimum atomic E-state index is 0.611. The predicted octanol–water partition coefficient (Wildman–Crippen LogP) is 2.75. The van der Waals surface area contributed by atoms with E-state index in [0.29, 0.717) is 5.82 Å². The van der Waals surface area contributed by atoms with E-state index in [4.69, 9.17) is 5.73 Å². The maximum Gasteiger partial charge on any atom is 0.146 e. The van der Waals surface area contributed by atoms with Crippen LogP contribution >= 0.6 is 11.3 Å². The maximum absolute atomic E-state index is 6.00. The second kappa shape index (κ2) is 5.06. The van der Waals surface area contributed by atoms with Gasteiger partial charge in [0.15, 0.2) is 0 Å². The molecule has 4 nitrogen and oxygen atoms in total. The van der Waals surface area contributed by atoms with Gasteiger partial charge >= 0.3 is 0 Å². The van der Waals surface area contributed by atoms with Crippen LogP contribution in [-0.4, -0.2) is 28.0 Å². The zero-order valence-corrected chi connectivity index (χ0v) is 12.3. The van der Waals surface area contributed by atoms with Crippen molar-refractivity contribution >= 4 is 27.4 Å². The van der Waals surface area contributed by atoms with Crippen LogP contribution in [0, 0.1) is 11.8 Å². The average Bonchev–Trinajstić information content (AvgIpc) is 2.75. The van der Waals surface area contributed by atoms with Gasteiger partial charge in [-0.25, -0.2) is 9.97 Å². The van der Waals surface area contributed by atoms with E-state index in [2.05, 4.69) is 28.7 Å². The van der Waals surface area contributed by atoms with Crippen molar-refractivity contribution in [1.29, 1.82) is 0 Å². The molecule has 102 valence electrons. The molecule has 0 spiro atoms. The van der Waals surface area contributed by atoms with Gasteiger partial charge in [-0.15, -0.1) is 11.3 Å². The molecule has 2 aromatic heterocycles. The number of piperidine rings is 1. The number of aromatic nitrogens is 2. The third-order valence-electron chi connectivity index (χ3n) is 3.71. The molecule has 0 aliphatic carbocycles. The minimum Gasteiger partial charge on any atom is -0.383 e. The van der Waals surface area contributed by atoms with Crippen molar-refractivity contribution in [2.75, 3.05) is 18.8 Å². The minimum absolute atomic E-state index is 0.611. The molecule has 0 aromatic carbocycles. The van der Waals surface area contributed by atoms with Gasteiger partial charge in [-0.05, 0) is 29.7 Å². The smallest absolute Gasteiger partial charge is 0.146 e. The number of hydrogen-bond acceptors (Lipinski definition) is 5. The van der Waals surface area contributed by atoms with Crippen LogP contribution < -0.4 is 5.73 Å². The van der Waals surface area contributed by atoms with E-state index in [1.54, 1.807) is 11.3 Å². The van der Waals surface area contributed by atoms with Crippen molar-refractivity contribution in [3.63, 3.8) is 0 Å². The van der Waals surface area contributed by atoms with Crippen LogP contribution in [0.5, 0.6) is 0 Å². The van der Waals surface area contributed by atoms with Gasteiger partial charge in [0.1, 0.15) is 16.5 Å². The van der Waals surface area contributed by atoms with Crippen molar-refractivity contribution in [2.45, 2.75) is 26.8 Å². The molecular formula is C14H20N4S. The summed E-state index contributed by atoms with van der Waals surface area (Å²) in [5.74, 6) is 2.98. The van der Waals surface area contributed by atoms with Crippen molar-refractivity contribution in [3.05, 3.63) is 17.3 Å². The molecule has 3 heterocycles. The molecule has 2 atom stereocenters. The Bertz CT molecular complexity index is 570. The lowest BCUT2D eigenvalue weighted by Gasteiger charge is -2.34. The number of hydrogen-bond donors (Lipinski definition) is 1. The van der Waals surface area contributed by atoms with E-state index < -0.39 is 0 Å². The Kier molecular flexibility index (Phi) is 3.41. The van der Waals surface area contributed by atoms with Gasteiger partial charge < -0.3 is 5.73 Å². The van der Waals surface area contributed by atoms with Crippen LogP contribution in [0.3, 0.4) is 0 Å². The van der Waals surface area contributed by atoms with E-state index in [-0.39, 0.29) is 0 Å². The summed E-state index contributed by atoms with van der Waals surface area (Å²) in [7, 11) is 0. The molecule has 0 radical (unpaired) electrons. The number of nitrogens with zero attached hydrogens (tertiary/aromatic N) is 3.